The quantitative estimate of drug-likeness (QED) is 0.217. The maximum absolute atomic E-state index is 14.1. The van der Waals surface area contributed by atoms with E-state index in [0.717, 1.165) is 60.1 Å². The van der Waals surface area contributed by atoms with E-state index in [1.807, 2.05) is 79.1 Å². The molecule has 0 saturated carbocycles. The molecule has 0 bridgehead atoms. The van der Waals surface area contributed by atoms with Gasteiger partial charge in [-0.05, 0) is 35.4 Å². The van der Waals surface area contributed by atoms with E-state index in [2.05, 4.69) is 34.1 Å². The Labute approximate surface area is 262 Å². The van der Waals surface area contributed by atoms with Gasteiger partial charge in [-0.1, -0.05) is 84.0 Å². The molecule has 1 N–H and O–H groups in total. The van der Waals surface area contributed by atoms with Crippen molar-refractivity contribution in [2.75, 3.05) is 19.3 Å². The summed E-state index contributed by atoms with van der Waals surface area (Å²) < 4.78 is 27.8. The number of benzene rings is 3. The van der Waals surface area contributed by atoms with Crippen LogP contribution in [0, 0.1) is 0 Å². The Balaban J connectivity index is 1.31. The second-order valence-electron chi connectivity index (χ2n) is 11.3. The second kappa shape index (κ2) is 12.3. The summed E-state index contributed by atoms with van der Waals surface area (Å²) in [5, 5.41) is 1.95. The molecular weight excluding hydrogens is 589 g/mol. The average molecular weight is 621 g/mol. The fraction of sp³-hybridized carbons (Fsp3) is 0.200. The van der Waals surface area contributed by atoms with Crippen molar-refractivity contribution in [3.63, 3.8) is 0 Å². The van der Waals surface area contributed by atoms with Crippen molar-refractivity contribution in [2.24, 2.45) is 0 Å². The van der Waals surface area contributed by atoms with Gasteiger partial charge < -0.3 is 14.1 Å². The molecule has 2 atom stereocenters. The number of nitrogens with one attached hydrogen (secondary N) is 1. The van der Waals surface area contributed by atoms with Crippen molar-refractivity contribution in [2.45, 2.75) is 29.5 Å². The van der Waals surface area contributed by atoms with Crippen molar-refractivity contribution >= 4 is 44.5 Å². The number of hydrogen-bond donors (Lipinski definition) is 1. The lowest BCUT2D eigenvalue weighted by molar-refractivity contribution is 0.222. The zero-order valence-corrected chi connectivity index (χ0v) is 25.9. The first-order chi connectivity index (χ1) is 21.5. The van der Waals surface area contributed by atoms with Gasteiger partial charge in [0.15, 0.2) is 10.5 Å². The van der Waals surface area contributed by atoms with E-state index in [1.54, 1.807) is 10.2 Å². The predicted octanol–water partition coefficient (Wildman–Crippen LogP) is 6.13. The Hall–Kier alpha value is -3.86. The first kappa shape index (κ1) is 28.9. The highest BCUT2D eigenvalue weighted by Crippen LogP contribution is 2.35. The zero-order valence-electron chi connectivity index (χ0n) is 24.3. The van der Waals surface area contributed by atoms with E-state index >= 15 is 0 Å². The number of likely N-dealkylation sites (tertiary alicyclic amines) is 1. The van der Waals surface area contributed by atoms with Gasteiger partial charge in [0.2, 0.25) is 0 Å². The minimum Gasteiger partial charge on any atom is -0.616 e. The van der Waals surface area contributed by atoms with Gasteiger partial charge in [-0.2, -0.15) is 0 Å². The van der Waals surface area contributed by atoms with Crippen molar-refractivity contribution in [1.82, 2.24) is 18.8 Å². The molecule has 6 aromatic rings. The van der Waals surface area contributed by atoms with Crippen LogP contribution in [-0.2, 0) is 29.1 Å². The number of piperidine rings is 1. The molecule has 44 heavy (non-hydrogen) atoms. The van der Waals surface area contributed by atoms with Crippen LogP contribution in [0.2, 0.25) is 0 Å². The SMILES string of the molecule is C[S+]([O-])C1CCN(Cc2ccc(-c3cc4c5cc(-c6ccccc6)c(=O)[nH]c5cnc4n3[S+]([O-])c3ccccc3)cc2)CC1. The van der Waals surface area contributed by atoms with E-state index in [1.165, 1.54) is 5.56 Å². The molecule has 1 saturated heterocycles. The van der Waals surface area contributed by atoms with Gasteiger partial charge in [0.05, 0.1) is 18.0 Å². The van der Waals surface area contributed by atoms with Gasteiger partial charge in [0.1, 0.15) is 22.3 Å². The lowest BCUT2D eigenvalue weighted by Crippen LogP contribution is -2.38. The molecule has 0 amide bonds. The lowest BCUT2D eigenvalue weighted by atomic mass is 10.0. The molecule has 3 aromatic heterocycles. The molecule has 2 unspecified atom stereocenters. The molecule has 4 heterocycles. The molecule has 0 radical (unpaired) electrons. The van der Waals surface area contributed by atoms with Crippen LogP contribution in [0.3, 0.4) is 0 Å². The summed E-state index contributed by atoms with van der Waals surface area (Å²) in [5.41, 5.74) is 5.34. The fourth-order valence-corrected chi connectivity index (χ4v) is 8.19. The van der Waals surface area contributed by atoms with Crippen molar-refractivity contribution in [3.8, 4) is 22.4 Å². The number of rotatable bonds is 7. The summed E-state index contributed by atoms with van der Waals surface area (Å²) in [6.07, 6.45) is 5.38. The topological polar surface area (TPSA) is 100 Å². The molecular formula is C35H32N4O3S2. The third-order valence-electron chi connectivity index (χ3n) is 8.47. The molecule has 1 fully saturated rings. The van der Waals surface area contributed by atoms with E-state index in [-0.39, 0.29) is 5.56 Å². The van der Waals surface area contributed by atoms with Crippen molar-refractivity contribution in [1.29, 1.82) is 0 Å². The van der Waals surface area contributed by atoms with Crippen LogP contribution >= 0.6 is 0 Å². The largest absolute Gasteiger partial charge is 0.616 e. The maximum atomic E-state index is 14.1. The lowest BCUT2D eigenvalue weighted by Gasteiger charge is -2.31. The highest BCUT2D eigenvalue weighted by Gasteiger charge is 2.27. The summed E-state index contributed by atoms with van der Waals surface area (Å²) in [4.78, 5) is 23.9. The number of fused-ring (bicyclic) bond motifs is 3. The monoisotopic (exact) mass is 620 g/mol. The van der Waals surface area contributed by atoms with E-state index < -0.39 is 22.5 Å². The summed E-state index contributed by atoms with van der Waals surface area (Å²) in [5.74, 6) is 0. The van der Waals surface area contributed by atoms with E-state index in [0.29, 0.717) is 26.9 Å². The Bertz CT molecular complexity index is 1970. The smallest absolute Gasteiger partial charge is 0.256 e. The van der Waals surface area contributed by atoms with Crippen LogP contribution < -0.4 is 5.56 Å². The molecule has 222 valence electrons. The van der Waals surface area contributed by atoms with Crippen LogP contribution in [0.25, 0.3) is 44.3 Å². The van der Waals surface area contributed by atoms with Gasteiger partial charge in [-0.3, -0.25) is 9.69 Å². The molecule has 9 heteroatoms. The molecule has 0 aliphatic carbocycles. The normalized spacial score (nSPS) is 16.0. The van der Waals surface area contributed by atoms with Crippen molar-refractivity contribution in [3.05, 3.63) is 119 Å². The number of H-pyrrole nitrogens is 1. The molecule has 3 aromatic carbocycles. The fourth-order valence-electron chi connectivity index (χ4n) is 6.08. The Morgan fingerprint density at radius 2 is 1.55 bits per heavy atom. The third-order valence-corrected chi connectivity index (χ3v) is 11.3. The van der Waals surface area contributed by atoms with Crippen LogP contribution in [0.4, 0.5) is 0 Å². The number of aromatic amines is 1. The second-order valence-corrected chi connectivity index (χ2v) is 14.3. The summed E-state index contributed by atoms with van der Waals surface area (Å²) in [6, 6.07) is 31.3. The van der Waals surface area contributed by atoms with Gasteiger partial charge in [0.25, 0.3) is 5.56 Å². The summed E-state index contributed by atoms with van der Waals surface area (Å²) in [7, 11) is 0. The Morgan fingerprint density at radius 3 is 2.23 bits per heavy atom. The highest BCUT2D eigenvalue weighted by atomic mass is 32.2. The van der Waals surface area contributed by atoms with E-state index in [4.69, 9.17) is 4.98 Å². The number of hydrogen-bond acceptors (Lipinski definition) is 5. The van der Waals surface area contributed by atoms with Gasteiger partial charge in [-0.25, -0.2) is 4.98 Å². The minimum atomic E-state index is -1.56. The van der Waals surface area contributed by atoms with Crippen LogP contribution in [0.5, 0.6) is 0 Å². The molecule has 7 nitrogen and oxygen atoms in total. The molecule has 1 aliphatic rings. The number of aromatic nitrogens is 3. The third kappa shape index (κ3) is 5.58. The molecule has 0 spiro atoms. The van der Waals surface area contributed by atoms with Gasteiger partial charge >= 0.3 is 0 Å². The first-order valence-corrected chi connectivity index (χ1v) is 17.4. The average Bonchev–Trinajstić information content (AvgIpc) is 3.45. The summed E-state index contributed by atoms with van der Waals surface area (Å²) >= 11 is -2.32. The van der Waals surface area contributed by atoms with Crippen molar-refractivity contribution < 1.29 is 9.11 Å². The summed E-state index contributed by atoms with van der Waals surface area (Å²) in [6.45, 7) is 2.73. The van der Waals surface area contributed by atoms with E-state index in [9.17, 15) is 13.9 Å². The number of pyridine rings is 2. The van der Waals surface area contributed by atoms with Crippen LogP contribution in [0.15, 0.2) is 113 Å². The zero-order chi connectivity index (χ0) is 30.2. The Kier molecular flexibility index (Phi) is 8.05. The minimum absolute atomic E-state index is 0.180. The van der Waals surface area contributed by atoms with Gasteiger partial charge in [0, 0.05) is 54.4 Å². The Morgan fingerprint density at radius 1 is 0.864 bits per heavy atom. The van der Waals surface area contributed by atoms with Gasteiger partial charge in [-0.15, -0.1) is 3.97 Å². The van der Waals surface area contributed by atoms with Crippen LogP contribution in [-0.4, -0.2) is 52.5 Å². The van der Waals surface area contributed by atoms with Crippen LogP contribution in [0.1, 0.15) is 18.4 Å². The highest BCUT2D eigenvalue weighted by molar-refractivity contribution is 7.91. The number of nitrogens with zero attached hydrogens (tertiary/aromatic N) is 3. The molecule has 1 aliphatic heterocycles. The predicted molar refractivity (Wildman–Crippen MR) is 179 cm³/mol. The molecule has 7 rings (SSSR count). The maximum Gasteiger partial charge on any atom is 0.256 e. The standard InChI is InChI=1S/C35H32N4O3S2/c1-43(41)27-16-18-38(19-17-27)23-24-12-14-26(15-13-24)33-21-31-30-20-29(25-8-4-2-5-9-25)35(40)37-32(30)22-36-34(31)39(33)44(42)28-10-6-3-7-11-28/h2-15,20-22,27H,16-19,23H2,1H3,(H,37,40). The first-order valence-electron chi connectivity index (χ1n) is 14.7.